The second kappa shape index (κ2) is 15.9. The highest BCUT2D eigenvalue weighted by Gasteiger charge is 2.42. The molecule has 12 heteroatoms. The number of anilines is 1. The van der Waals surface area contributed by atoms with Crippen molar-refractivity contribution in [3.8, 4) is 0 Å². The van der Waals surface area contributed by atoms with Crippen molar-refractivity contribution >= 4 is 23.4 Å². The molecule has 3 amide bonds. The number of carbonyl (C=O) groups is 3. The molecule has 0 aliphatic heterocycles. The van der Waals surface area contributed by atoms with Crippen LogP contribution >= 0.6 is 0 Å². The van der Waals surface area contributed by atoms with Gasteiger partial charge in [-0.15, -0.1) is 0 Å². The summed E-state index contributed by atoms with van der Waals surface area (Å²) < 4.78 is 55.9. The molecule has 8 nitrogen and oxygen atoms in total. The molecule has 46 heavy (non-hydrogen) atoms. The van der Waals surface area contributed by atoms with Gasteiger partial charge < -0.3 is 16.0 Å². The predicted molar refractivity (Wildman–Crippen MR) is 168 cm³/mol. The van der Waals surface area contributed by atoms with Gasteiger partial charge in [0.1, 0.15) is 17.6 Å². The van der Waals surface area contributed by atoms with Crippen LogP contribution in [-0.4, -0.2) is 46.3 Å². The summed E-state index contributed by atoms with van der Waals surface area (Å²) in [6, 6.07) is 3.02. The molecule has 1 aromatic heterocycles. The van der Waals surface area contributed by atoms with Crippen LogP contribution in [0.15, 0.2) is 24.4 Å². The number of rotatable bonds is 12. The van der Waals surface area contributed by atoms with Crippen LogP contribution in [0.2, 0.25) is 0 Å². The van der Waals surface area contributed by atoms with E-state index >= 15 is 4.39 Å². The number of alkyl halides is 3. The van der Waals surface area contributed by atoms with Gasteiger partial charge in [0.25, 0.3) is 12.3 Å². The normalized spacial score (nSPS) is 18.4. The van der Waals surface area contributed by atoms with Crippen molar-refractivity contribution in [3.63, 3.8) is 0 Å². The third-order valence-electron chi connectivity index (χ3n) is 9.71. The van der Waals surface area contributed by atoms with E-state index in [2.05, 4.69) is 15.7 Å². The average molecular weight is 650 g/mol. The molecule has 0 radical (unpaired) electrons. The number of nitrogens with one attached hydrogen (secondary N) is 3. The second-order valence-corrected chi connectivity index (χ2v) is 13.2. The quantitative estimate of drug-likeness (QED) is 0.167. The standard InChI is InChI=1S/C34H47F4N5O3/c1-19(2)43-27(15-16-39-43)33(45)41-29(28(22-11-7-5-8-12-22)23-13-9-6-10-14-23)34(46)40-26-17-20(3)24(18-25(26)35)21(4)32(44)42-31(38)30(36)37/h15-19,21-23,28-31H,5-14H2,1-4H3,(H,40,46)(H,41,45)(H,42,44). The summed E-state index contributed by atoms with van der Waals surface area (Å²) in [5.41, 5.74) is 0.778. The smallest absolute Gasteiger partial charge is 0.287 e. The SMILES string of the molecule is Cc1cc(NC(=O)C(NC(=O)c2ccnn2C(C)C)C(C2CCCCC2)C2CCCCC2)c(F)cc1C(C)C(=O)NC(F)C(F)F. The van der Waals surface area contributed by atoms with E-state index in [9.17, 15) is 27.6 Å². The van der Waals surface area contributed by atoms with Gasteiger partial charge in [0.2, 0.25) is 18.1 Å². The summed E-state index contributed by atoms with van der Waals surface area (Å²) in [5.74, 6) is -3.63. The Morgan fingerprint density at radius 1 is 0.870 bits per heavy atom. The molecule has 2 aliphatic carbocycles. The van der Waals surface area contributed by atoms with Gasteiger partial charge in [0.15, 0.2) is 0 Å². The molecule has 2 saturated carbocycles. The first-order chi connectivity index (χ1) is 21.9. The van der Waals surface area contributed by atoms with Gasteiger partial charge in [0, 0.05) is 12.2 Å². The van der Waals surface area contributed by atoms with Gasteiger partial charge >= 0.3 is 0 Å². The monoisotopic (exact) mass is 649 g/mol. The molecule has 1 heterocycles. The fraction of sp³-hybridized carbons (Fsp3) is 0.647. The maximum absolute atomic E-state index is 15.6. The highest BCUT2D eigenvalue weighted by molar-refractivity contribution is 6.01. The van der Waals surface area contributed by atoms with Crippen LogP contribution in [0, 0.1) is 30.5 Å². The molecule has 4 rings (SSSR count). The number of nitrogens with zero attached hydrogens (tertiary/aromatic N) is 2. The van der Waals surface area contributed by atoms with Gasteiger partial charge in [-0.25, -0.2) is 17.6 Å². The van der Waals surface area contributed by atoms with Gasteiger partial charge in [0.05, 0.1) is 11.6 Å². The number of amides is 3. The van der Waals surface area contributed by atoms with E-state index in [0.29, 0.717) is 11.3 Å². The topological polar surface area (TPSA) is 105 Å². The minimum atomic E-state index is -3.39. The first-order valence-electron chi connectivity index (χ1n) is 16.6. The number of hydrogen-bond donors (Lipinski definition) is 3. The Bertz CT molecular complexity index is 1340. The van der Waals surface area contributed by atoms with E-state index in [0.717, 1.165) is 70.3 Å². The molecular weight excluding hydrogens is 602 g/mol. The zero-order chi connectivity index (χ0) is 33.5. The van der Waals surface area contributed by atoms with Crippen molar-refractivity contribution in [2.24, 2.45) is 17.8 Å². The Hall–Kier alpha value is -3.44. The molecule has 2 aliphatic rings. The van der Waals surface area contributed by atoms with Crippen LogP contribution in [0.4, 0.5) is 23.2 Å². The third-order valence-corrected chi connectivity index (χ3v) is 9.71. The molecule has 2 aromatic rings. The number of aryl methyl sites for hydroxylation is 1. The lowest BCUT2D eigenvalue weighted by Gasteiger charge is -2.42. The van der Waals surface area contributed by atoms with Crippen molar-refractivity contribution in [1.29, 1.82) is 0 Å². The van der Waals surface area contributed by atoms with E-state index in [1.54, 1.807) is 29.2 Å². The summed E-state index contributed by atoms with van der Waals surface area (Å²) in [6.45, 7) is 6.77. The Morgan fingerprint density at radius 3 is 2.00 bits per heavy atom. The highest BCUT2D eigenvalue weighted by atomic mass is 19.3. The minimum absolute atomic E-state index is 0.0817. The number of hydrogen-bond acceptors (Lipinski definition) is 4. The van der Waals surface area contributed by atoms with Crippen LogP contribution in [-0.2, 0) is 9.59 Å². The Kier molecular flexibility index (Phi) is 12.2. The van der Waals surface area contributed by atoms with Crippen molar-refractivity contribution in [2.75, 3.05) is 5.32 Å². The Morgan fingerprint density at radius 2 is 1.46 bits per heavy atom. The van der Waals surface area contributed by atoms with E-state index in [1.807, 2.05) is 13.8 Å². The van der Waals surface area contributed by atoms with E-state index in [-0.39, 0.29) is 35.0 Å². The van der Waals surface area contributed by atoms with Crippen LogP contribution < -0.4 is 16.0 Å². The first kappa shape index (κ1) is 35.4. The number of halogens is 4. The van der Waals surface area contributed by atoms with Gasteiger partial charge in [-0.05, 0) is 74.8 Å². The summed E-state index contributed by atoms with van der Waals surface area (Å²) in [5, 5.41) is 11.7. The lowest BCUT2D eigenvalue weighted by atomic mass is 9.66. The number of benzene rings is 1. The zero-order valence-electron chi connectivity index (χ0n) is 27.1. The molecular formula is C34H47F4N5O3. The Labute approximate surface area is 268 Å². The van der Waals surface area contributed by atoms with Crippen LogP contribution in [0.1, 0.15) is 119 Å². The van der Waals surface area contributed by atoms with Gasteiger partial charge in [-0.2, -0.15) is 5.10 Å². The number of aromatic nitrogens is 2. The second-order valence-electron chi connectivity index (χ2n) is 13.2. The molecule has 0 bridgehead atoms. The maximum atomic E-state index is 15.6. The van der Waals surface area contributed by atoms with Gasteiger partial charge in [-0.3, -0.25) is 19.1 Å². The molecule has 3 unspecified atom stereocenters. The fourth-order valence-electron chi connectivity index (χ4n) is 7.36. The summed E-state index contributed by atoms with van der Waals surface area (Å²) in [4.78, 5) is 40.4. The minimum Gasteiger partial charge on any atom is -0.339 e. The van der Waals surface area contributed by atoms with E-state index in [4.69, 9.17) is 0 Å². The third kappa shape index (κ3) is 8.47. The van der Waals surface area contributed by atoms with Crippen molar-refractivity contribution < 1.29 is 31.9 Å². The predicted octanol–water partition coefficient (Wildman–Crippen LogP) is 7.21. The molecule has 2 fully saturated rings. The maximum Gasteiger partial charge on any atom is 0.287 e. The lowest BCUT2D eigenvalue weighted by Crippen LogP contribution is -2.53. The highest BCUT2D eigenvalue weighted by Crippen LogP contribution is 2.42. The summed E-state index contributed by atoms with van der Waals surface area (Å²) in [6.07, 6.45) is 5.62. The first-order valence-corrected chi connectivity index (χ1v) is 16.6. The lowest BCUT2D eigenvalue weighted by molar-refractivity contribution is -0.126. The molecule has 0 spiro atoms. The Balaban J connectivity index is 1.65. The number of carbonyl (C=O) groups excluding carboxylic acids is 3. The molecule has 3 N–H and O–H groups in total. The van der Waals surface area contributed by atoms with Crippen LogP contribution in [0.25, 0.3) is 0 Å². The van der Waals surface area contributed by atoms with E-state index in [1.165, 1.54) is 13.0 Å². The molecule has 254 valence electrons. The molecule has 0 saturated heterocycles. The summed E-state index contributed by atoms with van der Waals surface area (Å²) in [7, 11) is 0. The summed E-state index contributed by atoms with van der Waals surface area (Å²) >= 11 is 0. The average Bonchev–Trinajstić information content (AvgIpc) is 3.54. The zero-order valence-corrected chi connectivity index (χ0v) is 27.1. The van der Waals surface area contributed by atoms with E-state index < -0.39 is 48.2 Å². The van der Waals surface area contributed by atoms with Crippen molar-refractivity contribution in [3.05, 3.63) is 47.0 Å². The molecule has 1 aromatic carbocycles. The molecule has 3 atom stereocenters. The van der Waals surface area contributed by atoms with Crippen molar-refractivity contribution in [1.82, 2.24) is 20.4 Å². The van der Waals surface area contributed by atoms with Gasteiger partial charge in [-0.1, -0.05) is 64.2 Å². The van der Waals surface area contributed by atoms with Crippen LogP contribution in [0.5, 0.6) is 0 Å². The largest absolute Gasteiger partial charge is 0.339 e. The van der Waals surface area contributed by atoms with Crippen LogP contribution in [0.3, 0.4) is 0 Å². The van der Waals surface area contributed by atoms with Crippen molar-refractivity contribution in [2.45, 2.75) is 123 Å². The fourth-order valence-corrected chi connectivity index (χ4v) is 7.36.